The average Bonchev–Trinajstić information content (AvgIpc) is 3.49. The zero-order valence-electron chi connectivity index (χ0n) is 19.8. The van der Waals surface area contributed by atoms with E-state index >= 15 is 0 Å². The molecule has 3 aromatic heterocycles. The Morgan fingerprint density at radius 3 is 2.50 bits per heavy atom. The molecule has 0 atom stereocenters. The highest BCUT2D eigenvalue weighted by Gasteiger charge is 2.23. The lowest BCUT2D eigenvalue weighted by atomic mass is 9.95. The standard InChI is InChI=1S/C30H21N5O/c1-15-32-25-14-36-30-20-8-5-17(12-19(20)7-10-23(30)27(25)33-15)18-6-9-21-24(13-18)26-22(4-3-11-31-26)29-28(21)34-16(2)35-29/h3-13H,14H2,1-2H3,(H,32,33)(H,34,35). The van der Waals surface area contributed by atoms with Gasteiger partial charge in [-0.05, 0) is 60.7 Å². The first kappa shape index (κ1) is 19.6. The van der Waals surface area contributed by atoms with Crippen molar-refractivity contribution in [3.8, 4) is 28.1 Å². The van der Waals surface area contributed by atoms with Crippen LogP contribution in [0.15, 0.2) is 66.9 Å². The van der Waals surface area contributed by atoms with Crippen LogP contribution in [-0.4, -0.2) is 24.9 Å². The van der Waals surface area contributed by atoms with E-state index in [0.717, 1.165) is 89.0 Å². The molecule has 172 valence electrons. The molecule has 0 bridgehead atoms. The third-order valence-corrected chi connectivity index (χ3v) is 7.25. The van der Waals surface area contributed by atoms with Crippen molar-refractivity contribution < 1.29 is 4.74 Å². The van der Waals surface area contributed by atoms with Gasteiger partial charge in [-0.3, -0.25) is 4.98 Å². The quantitative estimate of drug-likeness (QED) is 0.255. The minimum Gasteiger partial charge on any atom is -0.486 e. The highest BCUT2D eigenvalue weighted by Crippen LogP contribution is 2.42. The smallest absolute Gasteiger partial charge is 0.137 e. The van der Waals surface area contributed by atoms with E-state index in [1.807, 2.05) is 26.1 Å². The molecule has 7 aromatic rings. The van der Waals surface area contributed by atoms with Crippen LogP contribution in [0.1, 0.15) is 17.3 Å². The summed E-state index contributed by atoms with van der Waals surface area (Å²) < 4.78 is 6.18. The molecule has 1 aliphatic rings. The predicted molar refractivity (Wildman–Crippen MR) is 143 cm³/mol. The average molecular weight is 468 g/mol. The van der Waals surface area contributed by atoms with Gasteiger partial charge in [0.25, 0.3) is 0 Å². The first-order valence-electron chi connectivity index (χ1n) is 12.1. The fraction of sp³-hybridized carbons (Fsp3) is 0.100. The molecule has 1 aliphatic heterocycles. The minimum absolute atomic E-state index is 0.510. The number of aromatic nitrogens is 5. The summed E-state index contributed by atoms with van der Waals surface area (Å²) in [6.45, 7) is 4.48. The highest BCUT2D eigenvalue weighted by atomic mass is 16.5. The molecule has 0 unspecified atom stereocenters. The van der Waals surface area contributed by atoms with Gasteiger partial charge in [0.2, 0.25) is 0 Å². The van der Waals surface area contributed by atoms with Crippen LogP contribution < -0.4 is 4.74 Å². The van der Waals surface area contributed by atoms with Gasteiger partial charge in [-0.25, -0.2) is 9.97 Å². The van der Waals surface area contributed by atoms with Crippen molar-refractivity contribution in [2.45, 2.75) is 20.5 Å². The predicted octanol–water partition coefficient (Wildman–Crippen LogP) is 6.98. The van der Waals surface area contributed by atoms with E-state index in [1.54, 1.807) is 0 Å². The van der Waals surface area contributed by atoms with E-state index in [1.165, 1.54) is 0 Å². The molecular weight excluding hydrogens is 446 g/mol. The molecule has 4 heterocycles. The first-order valence-corrected chi connectivity index (χ1v) is 12.1. The fourth-order valence-electron chi connectivity index (χ4n) is 5.67. The van der Waals surface area contributed by atoms with E-state index < -0.39 is 0 Å². The Balaban J connectivity index is 1.32. The number of rotatable bonds is 1. The highest BCUT2D eigenvalue weighted by molar-refractivity contribution is 6.22. The summed E-state index contributed by atoms with van der Waals surface area (Å²) in [5.41, 5.74) is 8.39. The molecule has 8 rings (SSSR count). The van der Waals surface area contributed by atoms with Crippen LogP contribution in [0.4, 0.5) is 0 Å². The zero-order chi connectivity index (χ0) is 24.0. The largest absolute Gasteiger partial charge is 0.486 e. The van der Waals surface area contributed by atoms with Gasteiger partial charge in [0.1, 0.15) is 24.0 Å². The molecule has 0 aliphatic carbocycles. The minimum atomic E-state index is 0.510. The van der Waals surface area contributed by atoms with E-state index in [4.69, 9.17) is 19.7 Å². The van der Waals surface area contributed by atoms with E-state index in [-0.39, 0.29) is 0 Å². The van der Waals surface area contributed by atoms with Crippen molar-refractivity contribution in [1.29, 1.82) is 0 Å². The number of fused-ring (bicyclic) bond motifs is 11. The number of nitrogens with zero attached hydrogens (tertiary/aromatic N) is 3. The van der Waals surface area contributed by atoms with Crippen LogP contribution in [0, 0.1) is 13.8 Å². The van der Waals surface area contributed by atoms with Crippen molar-refractivity contribution in [2.75, 3.05) is 0 Å². The van der Waals surface area contributed by atoms with E-state index in [2.05, 4.69) is 64.6 Å². The second-order valence-corrected chi connectivity index (χ2v) is 9.52. The number of imidazole rings is 2. The summed E-state index contributed by atoms with van der Waals surface area (Å²) in [5, 5.41) is 5.56. The Kier molecular flexibility index (Phi) is 3.76. The van der Waals surface area contributed by atoms with E-state index in [0.29, 0.717) is 6.61 Å². The third kappa shape index (κ3) is 2.64. The SMILES string of the molecule is Cc1nc2c([nH]1)COc1c-2ccc2cc(-c3ccc4c(c3)c3ncccc3c3nc(C)[nH]c43)ccc12. The molecule has 0 amide bonds. The first-order chi connectivity index (χ1) is 17.6. The number of nitrogens with one attached hydrogen (secondary N) is 2. The number of pyridine rings is 1. The molecular formula is C30H21N5O. The summed E-state index contributed by atoms with van der Waals surface area (Å²) in [6.07, 6.45) is 1.85. The van der Waals surface area contributed by atoms with Crippen LogP contribution in [-0.2, 0) is 6.61 Å². The Bertz CT molecular complexity index is 2030. The van der Waals surface area contributed by atoms with Crippen molar-refractivity contribution in [3.05, 3.63) is 84.2 Å². The van der Waals surface area contributed by atoms with E-state index in [9.17, 15) is 0 Å². The Hall–Kier alpha value is -4.71. The van der Waals surface area contributed by atoms with Crippen LogP contribution in [0.3, 0.4) is 0 Å². The summed E-state index contributed by atoms with van der Waals surface area (Å²) >= 11 is 0. The summed E-state index contributed by atoms with van der Waals surface area (Å²) in [4.78, 5) is 20.9. The lowest BCUT2D eigenvalue weighted by Crippen LogP contribution is -2.05. The maximum Gasteiger partial charge on any atom is 0.137 e. The fourth-order valence-corrected chi connectivity index (χ4v) is 5.67. The van der Waals surface area contributed by atoms with Gasteiger partial charge in [-0.15, -0.1) is 0 Å². The van der Waals surface area contributed by atoms with Crippen molar-refractivity contribution >= 4 is 43.5 Å². The molecule has 0 saturated carbocycles. The van der Waals surface area contributed by atoms with Crippen molar-refractivity contribution in [1.82, 2.24) is 24.9 Å². The number of aryl methyl sites for hydroxylation is 2. The number of aromatic amines is 2. The van der Waals surface area contributed by atoms with Gasteiger partial charge in [-0.1, -0.05) is 30.3 Å². The normalized spacial score (nSPS) is 12.8. The number of hydrogen-bond acceptors (Lipinski definition) is 4. The molecule has 6 heteroatoms. The molecule has 0 radical (unpaired) electrons. The third-order valence-electron chi connectivity index (χ3n) is 7.25. The van der Waals surface area contributed by atoms with Crippen molar-refractivity contribution in [3.63, 3.8) is 0 Å². The molecule has 0 spiro atoms. The van der Waals surface area contributed by atoms with Gasteiger partial charge in [-0.2, -0.15) is 0 Å². The maximum absolute atomic E-state index is 6.18. The van der Waals surface area contributed by atoms with Crippen LogP contribution in [0.25, 0.3) is 65.9 Å². The monoisotopic (exact) mass is 467 g/mol. The van der Waals surface area contributed by atoms with Gasteiger partial charge in [0.05, 0.1) is 27.9 Å². The van der Waals surface area contributed by atoms with Crippen LogP contribution in [0.5, 0.6) is 5.75 Å². The summed E-state index contributed by atoms with van der Waals surface area (Å²) in [6, 6.07) is 21.5. The molecule has 2 N–H and O–H groups in total. The van der Waals surface area contributed by atoms with Gasteiger partial charge in [0.15, 0.2) is 0 Å². The van der Waals surface area contributed by atoms with Crippen LogP contribution >= 0.6 is 0 Å². The second kappa shape index (κ2) is 6.92. The number of benzene rings is 4. The number of hydrogen-bond donors (Lipinski definition) is 2. The summed E-state index contributed by atoms with van der Waals surface area (Å²) in [5.74, 6) is 2.72. The lowest BCUT2D eigenvalue weighted by Gasteiger charge is -2.19. The number of ether oxygens (including phenoxy) is 1. The molecule has 36 heavy (non-hydrogen) atoms. The van der Waals surface area contributed by atoms with Gasteiger partial charge in [0, 0.05) is 33.3 Å². The van der Waals surface area contributed by atoms with Gasteiger partial charge >= 0.3 is 0 Å². The van der Waals surface area contributed by atoms with Crippen LogP contribution in [0.2, 0.25) is 0 Å². The number of H-pyrrole nitrogens is 2. The van der Waals surface area contributed by atoms with Crippen molar-refractivity contribution in [2.24, 2.45) is 0 Å². The Morgan fingerprint density at radius 2 is 1.58 bits per heavy atom. The molecule has 6 nitrogen and oxygen atoms in total. The zero-order valence-corrected chi connectivity index (χ0v) is 19.8. The topological polar surface area (TPSA) is 79.5 Å². The second-order valence-electron chi connectivity index (χ2n) is 9.52. The Morgan fingerprint density at radius 1 is 0.750 bits per heavy atom. The molecule has 4 aromatic carbocycles. The molecule has 0 saturated heterocycles. The summed E-state index contributed by atoms with van der Waals surface area (Å²) in [7, 11) is 0. The molecule has 0 fully saturated rings. The Labute approximate surface area is 206 Å². The lowest BCUT2D eigenvalue weighted by molar-refractivity contribution is 0.301. The maximum atomic E-state index is 6.18. The van der Waals surface area contributed by atoms with Gasteiger partial charge < -0.3 is 14.7 Å².